The third-order valence-corrected chi connectivity index (χ3v) is 4.04. The highest BCUT2D eigenvalue weighted by Crippen LogP contribution is 2.19. The Morgan fingerprint density at radius 3 is 2.64 bits per heavy atom. The highest BCUT2D eigenvalue weighted by Gasteiger charge is 2.17. The van der Waals surface area contributed by atoms with Crippen LogP contribution >= 0.6 is 15.9 Å². The number of amides is 1. The SMILES string of the molecule is Cc1ccc(/C=C/C(=O)O[C@@H](C)C(=O)Nc2ccccc2F)c(Br)c1. The summed E-state index contributed by atoms with van der Waals surface area (Å²) in [7, 11) is 0. The minimum atomic E-state index is -1.06. The van der Waals surface area contributed by atoms with Gasteiger partial charge in [0.15, 0.2) is 6.10 Å². The van der Waals surface area contributed by atoms with Gasteiger partial charge in [0.25, 0.3) is 5.91 Å². The van der Waals surface area contributed by atoms with E-state index in [1.807, 2.05) is 25.1 Å². The molecule has 130 valence electrons. The van der Waals surface area contributed by atoms with Crippen molar-refractivity contribution in [1.82, 2.24) is 0 Å². The molecule has 2 aromatic rings. The number of halogens is 2. The Morgan fingerprint density at radius 1 is 1.24 bits per heavy atom. The molecule has 0 aliphatic rings. The monoisotopic (exact) mass is 405 g/mol. The maximum Gasteiger partial charge on any atom is 0.331 e. The number of esters is 1. The molecule has 0 spiro atoms. The number of para-hydroxylation sites is 1. The highest BCUT2D eigenvalue weighted by molar-refractivity contribution is 9.10. The number of anilines is 1. The molecule has 4 nitrogen and oxygen atoms in total. The van der Waals surface area contributed by atoms with E-state index >= 15 is 0 Å². The molecule has 0 aliphatic heterocycles. The zero-order valence-electron chi connectivity index (χ0n) is 13.8. The van der Waals surface area contributed by atoms with Gasteiger partial charge in [-0.3, -0.25) is 4.79 Å². The van der Waals surface area contributed by atoms with Gasteiger partial charge in [-0.1, -0.05) is 40.2 Å². The maximum absolute atomic E-state index is 13.5. The van der Waals surface area contributed by atoms with Gasteiger partial charge >= 0.3 is 5.97 Å². The van der Waals surface area contributed by atoms with E-state index in [1.54, 1.807) is 12.1 Å². The standard InChI is InChI=1S/C19H17BrFNO3/c1-12-7-8-14(15(20)11-12)9-10-18(23)25-13(2)19(24)22-17-6-4-3-5-16(17)21/h3-11,13H,1-2H3,(H,22,24)/b10-9+/t13-/m0/s1. The van der Waals surface area contributed by atoms with E-state index in [-0.39, 0.29) is 5.69 Å². The third-order valence-electron chi connectivity index (χ3n) is 3.35. The normalized spacial score (nSPS) is 12.0. The predicted octanol–water partition coefficient (Wildman–Crippen LogP) is 4.48. The fourth-order valence-corrected chi connectivity index (χ4v) is 2.61. The summed E-state index contributed by atoms with van der Waals surface area (Å²) >= 11 is 3.41. The number of benzene rings is 2. The average molecular weight is 406 g/mol. The van der Waals surface area contributed by atoms with Gasteiger partial charge in [-0.2, -0.15) is 0 Å². The lowest BCUT2D eigenvalue weighted by Gasteiger charge is -2.12. The molecule has 0 saturated heterocycles. The first-order valence-corrected chi connectivity index (χ1v) is 8.36. The second-order valence-electron chi connectivity index (χ2n) is 5.41. The van der Waals surface area contributed by atoms with Gasteiger partial charge < -0.3 is 10.1 Å². The molecule has 2 aromatic carbocycles. The topological polar surface area (TPSA) is 55.4 Å². The summed E-state index contributed by atoms with van der Waals surface area (Å²) in [5, 5.41) is 2.38. The molecule has 25 heavy (non-hydrogen) atoms. The van der Waals surface area contributed by atoms with Gasteiger partial charge in [0.1, 0.15) is 5.82 Å². The van der Waals surface area contributed by atoms with Crippen LogP contribution in [0.1, 0.15) is 18.1 Å². The number of carbonyl (C=O) groups is 2. The van der Waals surface area contributed by atoms with Crippen molar-refractivity contribution >= 4 is 39.6 Å². The predicted molar refractivity (Wildman–Crippen MR) is 98.5 cm³/mol. The Hall–Kier alpha value is -2.47. The number of hydrogen-bond acceptors (Lipinski definition) is 3. The second-order valence-corrected chi connectivity index (χ2v) is 6.26. The highest BCUT2D eigenvalue weighted by atomic mass is 79.9. The quantitative estimate of drug-likeness (QED) is 0.589. The first kappa shape index (κ1) is 18.9. The Labute approximate surface area is 153 Å². The Morgan fingerprint density at radius 2 is 1.96 bits per heavy atom. The summed E-state index contributed by atoms with van der Waals surface area (Å²) in [6, 6.07) is 11.5. The molecule has 2 rings (SSSR count). The lowest BCUT2D eigenvalue weighted by Crippen LogP contribution is -2.29. The van der Waals surface area contributed by atoms with Crippen LogP contribution < -0.4 is 5.32 Å². The van der Waals surface area contributed by atoms with E-state index < -0.39 is 23.8 Å². The summed E-state index contributed by atoms with van der Waals surface area (Å²) in [6.07, 6.45) is 1.77. The smallest absolute Gasteiger partial charge is 0.331 e. The van der Waals surface area contributed by atoms with Crippen molar-refractivity contribution < 1.29 is 18.7 Å². The minimum absolute atomic E-state index is 0.0366. The van der Waals surface area contributed by atoms with Crippen LogP contribution in [-0.2, 0) is 14.3 Å². The number of ether oxygens (including phenoxy) is 1. The van der Waals surface area contributed by atoms with Crippen molar-refractivity contribution in [2.24, 2.45) is 0 Å². The van der Waals surface area contributed by atoms with E-state index in [1.165, 1.54) is 31.2 Å². The molecule has 0 fully saturated rings. The molecular weight excluding hydrogens is 389 g/mol. The maximum atomic E-state index is 13.5. The molecule has 1 atom stereocenters. The van der Waals surface area contributed by atoms with Crippen LogP contribution in [0.25, 0.3) is 6.08 Å². The van der Waals surface area contributed by atoms with Gasteiger partial charge in [0.2, 0.25) is 0 Å². The summed E-state index contributed by atoms with van der Waals surface area (Å²) in [5.74, 6) is -1.83. The van der Waals surface area contributed by atoms with Gasteiger partial charge in [0, 0.05) is 10.5 Å². The molecule has 0 saturated carbocycles. The van der Waals surface area contributed by atoms with Crippen molar-refractivity contribution in [2.75, 3.05) is 5.32 Å². The first-order valence-electron chi connectivity index (χ1n) is 7.57. The van der Waals surface area contributed by atoms with Gasteiger partial charge in [-0.05, 0) is 49.2 Å². The van der Waals surface area contributed by atoms with E-state index in [0.717, 1.165) is 15.6 Å². The summed E-state index contributed by atoms with van der Waals surface area (Å²) < 4.78 is 19.4. The van der Waals surface area contributed by atoms with Crippen LogP contribution in [-0.4, -0.2) is 18.0 Å². The second kappa shape index (κ2) is 8.58. The van der Waals surface area contributed by atoms with Crippen molar-refractivity contribution in [3.8, 4) is 0 Å². The summed E-state index contributed by atoms with van der Waals surface area (Å²) in [5.41, 5.74) is 1.94. The van der Waals surface area contributed by atoms with Crippen LogP contribution in [0, 0.1) is 12.7 Å². The van der Waals surface area contributed by atoms with Crippen LogP contribution in [0.5, 0.6) is 0 Å². The number of carbonyl (C=O) groups excluding carboxylic acids is 2. The molecule has 1 N–H and O–H groups in total. The van der Waals surface area contributed by atoms with Crippen molar-refractivity contribution in [3.05, 3.63) is 70.0 Å². The van der Waals surface area contributed by atoms with E-state index in [4.69, 9.17) is 4.74 Å². The summed E-state index contributed by atoms with van der Waals surface area (Å²) in [4.78, 5) is 23.8. The Bertz CT molecular complexity index is 820. The molecule has 0 bridgehead atoms. The van der Waals surface area contributed by atoms with E-state index in [2.05, 4.69) is 21.2 Å². The number of rotatable bonds is 5. The Kier molecular flexibility index (Phi) is 6.47. The molecule has 0 unspecified atom stereocenters. The average Bonchev–Trinajstić information content (AvgIpc) is 2.56. The van der Waals surface area contributed by atoms with E-state index in [0.29, 0.717) is 0 Å². The molecule has 6 heteroatoms. The number of aryl methyl sites for hydroxylation is 1. The van der Waals surface area contributed by atoms with Gasteiger partial charge in [-0.15, -0.1) is 0 Å². The molecule has 0 aliphatic carbocycles. The van der Waals surface area contributed by atoms with E-state index in [9.17, 15) is 14.0 Å². The largest absolute Gasteiger partial charge is 0.449 e. The van der Waals surface area contributed by atoms with Crippen molar-refractivity contribution in [2.45, 2.75) is 20.0 Å². The van der Waals surface area contributed by atoms with Crippen LogP contribution in [0.3, 0.4) is 0 Å². The number of hydrogen-bond donors (Lipinski definition) is 1. The molecule has 0 heterocycles. The van der Waals surface area contributed by atoms with Crippen molar-refractivity contribution in [1.29, 1.82) is 0 Å². The van der Waals surface area contributed by atoms with Crippen LogP contribution in [0.4, 0.5) is 10.1 Å². The van der Waals surface area contributed by atoms with Gasteiger partial charge in [-0.25, -0.2) is 9.18 Å². The zero-order chi connectivity index (χ0) is 18.4. The first-order chi connectivity index (χ1) is 11.9. The Balaban J connectivity index is 1.94. The molecular formula is C19H17BrFNO3. The summed E-state index contributed by atoms with van der Waals surface area (Å²) in [6.45, 7) is 3.38. The number of nitrogens with one attached hydrogen (secondary N) is 1. The third kappa shape index (κ3) is 5.53. The van der Waals surface area contributed by atoms with Crippen molar-refractivity contribution in [3.63, 3.8) is 0 Å². The lowest BCUT2D eigenvalue weighted by molar-refractivity contribution is -0.148. The van der Waals surface area contributed by atoms with Crippen LogP contribution in [0.15, 0.2) is 53.0 Å². The molecule has 0 aromatic heterocycles. The fourth-order valence-electron chi connectivity index (χ4n) is 1.99. The minimum Gasteiger partial charge on any atom is -0.449 e. The lowest BCUT2D eigenvalue weighted by atomic mass is 10.1. The molecule has 0 radical (unpaired) electrons. The molecule has 1 amide bonds. The van der Waals surface area contributed by atoms with Gasteiger partial charge in [0.05, 0.1) is 5.69 Å². The fraction of sp³-hybridized carbons (Fsp3) is 0.158. The van der Waals surface area contributed by atoms with Crippen LogP contribution in [0.2, 0.25) is 0 Å². The zero-order valence-corrected chi connectivity index (χ0v) is 15.3.